The van der Waals surface area contributed by atoms with Gasteiger partial charge in [0.05, 0.1) is 5.92 Å². The summed E-state index contributed by atoms with van der Waals surface area (Å²) in [4.78, 5) is 14.4. The predicted molar refractivity (Wildman–Crippen MR) is 82.0 cm³/mol. The zero-order valence-corrected chi connectivity index (χ0v) is 13.0. The van der Waals surface area contributed by atoms with Crippen LogP contribution in [0, 0.1) is 5.92 Å². The van der Waals surface area contributed by atoms with Crippen LogP contribution in [0.2, 0.25) is 0 Å². The fourth-order valence-corrected chi connectivity index (χ4v) is 2.51. The third kappa shape index (κ3) is 5.14. The standard InChI is InChI=1S/C17H25NO3/c1-18(2)11-8-16(14-6-4-3-5-7-14)21-17(19)15-9-12-20-13-10-15/h3-7,15-16H,8-13H2,1-2H3/t16-/m1/s1. The van der Waals surface area contributed by atoms with E-state index in [1.807, 2.05) is 44.4 Å². The van der Waals surface area contributed by atoms with E-state index >= 15 is 0 Å². The second kappa shape index (κ2) is 8.15. The Kier molecular flexibility index (Phi) is 6.21. The van der Waals surface area contributed by atoms with Crippen molar-refractivity contribution < 1.29 is 14.3 Å². The van der Waals surface area contributed by atoms with Crippen LogP contribution < -0.4 is 0 Å². The second-order valence-corrected chi connectivity index (χ2v) is 5.81. The van der Waals surface area contributed by atoms with Crippen LogP contribution >= 0.6 is 0 Å². The van der Waals surface area contributed by atoms with Crippen LogP contribution in [0.3, 0.4) is 0 Å². The number of esters is 1. The van der Waals surface area contributed by atoms with E-state index in [0.29, 0.717) is 13.2 Å². The largest absolute Gasteiger partial charge is 0.457 e. The minimum atomic E-state index is -0.163. The van der Waals surface area contributed by atoms with Crippen molar-refractivity contribution in [1.29, 1.82) is 0 Å². The molecule has 4 heteroatoms. The van der Waals surface area contributed by atoms with Gasteiger partial charge in [0, 0.05) is 26.2 Å². The van der Waals surface area contributed by atoms with Crippen LogP contribution in [0.1, 0.15) is 30.9 Å². The Balaban J connectivity index is 1.99. The molecule has 1 aliphatic rings. The monoisotopic (exact) mass is 291 g/mol. The van der Waals surface area contributed by atoms with Crippen molar-refractivity contribution in [2.45, 2.75) is 25.4 Å². The lowest BCUT2D eigenvalue weighted by atomic mass is 10.00. The average molecular weight is 291 g/mol. The summed E-state index contributed by atoms with van der Waals surface area (Å²) in [6.45, 7) is 2.21. The Morgan fingerprint density at radius 2 is 1.95 bits per heavy atom. The van der Waals surface area contributed by atoms with Gasteiger partial charge in [-0.25, -0.2) is 0 Å². The molecule has 1 aromatic rings. The molecule has 1 fully saturated rings. The van der Waals surface area contributed by atoms with Crippen LogP contribution in [-0.4, -0.2) is 44.7 Å². The molecule has 0 radical (unpaired) electrons. The van der Waals surface area contributed by atoms with Crippen molar-refractivity contribution >= 4 is 5.97 Å². The molecule has 21 heavy (non-hydrogen) atoms. The van der Waals surface area contributed by atoms with Gasteiger partial charge in [-0.1, -0.05) is 30.3 Å². The summed E-state index contributed by atoms with van der Waals surface area (Å²) in [6, 6.07) is 10.0. The van der Waals surface area contributed by atoms with Gasteiger partial charge in [-0.3, -0.25) is 4.79 Å². The SMILES string of the molecule is CN(C)CC[C@@H](OC(=O)C1CCOCC1)c1ccccc1. The second-order valence-electron chi connectivity index (χ2n) is 5.81. The third-order valence-corrected chi connectivity index (χ3v) is 3.82. The molecule has 0 aliphatic carbocycles. The Morgan fingerprint density at radius 3 is 2.57 bits per heavy atom. The van der Waals surface area contributed by atoms with E-state index in [0.717, 1.165) is 31.4 Å². The molecule has 1 heterocycles. The first-order valence-corrected chi connectivity index (χ1v) is 7.64. The summed E-state index contributed by atoms with van der Waals surface area (Å²) in [5, 5.41) is 0. The van der Waals surface area contributed by atoms with Gasteiger partial charge < -0.3 is 14.4 Å². The minimum absolute atomic E-state index is 0.00989. The lowest BCUT2D eigenvalue weighted by Gasteiger charge is -2.25. The summed E-state index contributed by atoms with van der Waals surface area (Å²) in [6.07, 6.45) is 2.19. The number of hydrogen-bond donors (Lipinski definition) is 0. The molecule has 0 aromatic heterocycles. The van der Waals surface area contributed by atoms with Gasteiger partial charge in [-0.05, 0) is 32.5 Å². The first kappa shape index (κ1) is 16.0. The predicted octanol–water partition coefficient (Wildman–Crippen LogP) is 2.65. The highest BCUT2D eigenvalue weighted by Crippen LogP contribution is 2.25. The summed E-state index contributed by atoms with van der Waals surface area (Å²) in [7, 11) is 4.06. The Morgan fingerprint density at radius 1 is 1.29 bits per heavy atom. The topological polar surface area (TPSA) is 38.8 Å². The average Bonchev–Trinajstić information content (AvgIpc) is 2.52. The van der Waals surface area contributed by atoms with E-state index in [1.165, 1.54) is 0 Å². The summed E-state index contributed by atoms with van der Waals surface area (Å²) < 4.78 is 11.1. The zero-order chi connectivity index (χ0) is 15.1. The quantitative estimate of drug-likeness (QED) is 0.755. The van der Waals surface area contributed by atoms with E-state index in [2.05, 4.69) is 4.90 Å². The van der Waals surface area contributed by atoms with Crippen LogP contribution in [0.5, 0.6) is 0 Å². The first-order chi connectivity index (χ1) is 10.2. The molecular formula is C17H25NO3. The number of ether oxygens (including phenoxy) is 2. The fourth-order valence-electron chi connectivity index (χ4n) is 2.51. The van der Waals surface area contributed by atoms with E-state index in [4.69, 9.17) is 9.47 Å². The molecule has 0 saturated carbocycles. The Bertz CT molecular complexity index is 427. The third-order valence-electron chi connectivity index (χ3n) is 3.82. The first-order valence-electron chi connectivity index (χ1n) is 7.64. The van der Waals surface area contributed by atoms with Gasteiger partial charge in [-0.2, -0.15) is 0 Å². The molecule has 0 N–H and O–H groups in total. The molecule has 2 rings (SSSR count). The van der Waals surface area contributed by atoms with E-state index in [9.17, 15) is 4.79 Å². The molecule has 0 bridgehead atoms. The molecule has 1 aliphatic heterocycles. The Hall–Kier alpha value is -1.39. The number of benzene rings is 1. The molecule has 0 amide bonds. The van der Waals surface area contributed by atoms with Gasteiger partial charge in [-0.15, -0.1) is 0 Å². The molecule has 1 atom stereocenters. The molecule has 0 spiro atoms. The highest BCUT2D eigenvalue weighted by molar-refractivity contribution is 5.72. The maximum atomic E-state index is 12.3. The van der Waals surface area contributed by atoms with Crippen LogP contribution in [0.25, 0.3) is 0 Å². The lowest BCUT2D eigenvalue weighted by Crippen LogP contribution is -2.27. The molecule has 4 nitrogen and oxygen atoms in total. The fraction of sp³-hybridized carbons (Fsp3) is 0.588. The van der Waals surface area contributed by atoms with Crippen molar-refractivity contribution in [3.8, 4) is 0 Å². The van der Waals surface area contributed by atoms with Crippen LogP contribution in [0.4, 0.5) is 0 Å². The van der Waals surface area contributed by atoms with Gasteiger partial charge in [0.2, 0.25) is 0 Å². The molecule has 1 aromatic carbocycles. The highest BCUT2D eigenvalue weighted by atomic mass is 16.5. The van der Waals surface area contributed by atoms with Crippen molar-refractivity contribution in [2.24, 2.45) is 5.92 Å². The maximum absolute atomic E-state index is 12.3. The molecular weight excluding hydrogens is 266 g/mol. The smallest absolute Gasteiger partial charge is 0.309 e. The normalized spacial score (nSPS) is 17.7. The summed E-state index contributed by atoms with van der Waals surface area (Å²) >= 11 is 0. The molecule has 116 valence electrons. The minimum Gasteiger partial charge on any atom is -0.457 e. The number of carbonyl (C=O) groups is 1. The number of hydrogen-bond acceptors (Lipinski definition) is 4. The zero-order valence-electron chi connectivity index (χ0n) is 13.0. The number of carbonyl (C=O) groups excluding carboxylic acids is 1. The maximum Gasteiger partial charge on any atom is 0.309 e. The van der Waals surface area contributed by atoms with Gasteiger partial charge in [0.15, 0.2) is 0 Å². The number of nitrogens with zero attached hydrogens (tertiary/aromatic N) is 1. The number of rotatable bonds is 6. The van der Waals surface area contributed by atoms with Gasteiger partial charge in [0.1, 0.15) is 6.10 Å². The van der Waals surface area contributed by atoms with E-state index in [1.54, 1.807) is 0 Å². The van der Waals surface area contributed by atoms with Crippen molar-refractivity contribution in [3.05, 3.63) is 35.9 Å². The van der Waals surface area contributed by atoms with Crippen molar-refractivity contribution in [2.75, 3.05) is 33.9 Å². The van der Waals surface area contributed by atoms with Gasteiger partial charge in [0.25, 0.3) is 0 Å². The molecule has 1 saturated heterocycles. The summed E-state index contributed by atoms with van der Waals surface area (Å²) in [5.41, 5.74) is 1.07. The lowest BCUT2D eigenvalue weighted by molar-refractivity contribution is -0.158. The van der Waals surface area contributed by atoms with Crippen molar-refractivity contribution in [1.82, 2.24) is 4.90 Å². The highest BCUT2D eigenvalue weighted by Gasteiger charge is 2.26. The van der Waals surface area contributed by atoms with Crippen LogP contribution in [0.15, 0.2) is 30.3 Å². The van der Waals surface area contributed by atoms with Crippen LogP contribution in [-0.2, 0) is 14.3 Å². The molecule has 0 unspecified atom stereocenters. The van der Waals surface area contributed by atoms with Gasteiger partial charge >= 0.3 is 5.97 Å². The van der Waals surface area contributed by atoms with Crippen molar-refractivity contribution in [3.63, 3.8) is 0 Å². The summed E-state index contributed by atoms with van der Waals surface area (Å²) in [5.74, 6) is -0.0878. The van der Waals surface area contributed by atoms with E-state index < -0.39 is 0 Å². The Labute approximate surface area is 127 Å². The van der Waals surface area contributed by atoms with E-state index in [-0.39, 0.29) is 18.0 Å².